The third-order valence-corrected chi connectivity index (χ3v) is 5.64. The van der Waals surface area contributed by atoms with Crippen LogP contribution in [0.2, 0.25) is 0 Å². The van der Waals surface area contributed by atoms with E-state index in [-0.39, 0.29) is 0 Å². The minimum atomic E-state index is -2.98. The predicted molar refractivity (Wildman–Crippen MR) is 92.2 cm³/mol. The van der Waals surface area contributed by atoms with E-state index in [1.165, 1.54) is 11.1 Å². The van der Waals surface area contributed by atoms with E-state index in [1.54, 1.807) is 6.92 Å². The third kappa shape index (κ3) is 5.76. The van der Waals surface area contributed by atoms with Gasteiger partial charge in [-0.25, -0.2) is 0 Å². The van der Waals surface area contributed by atoms with Crippen molar-refractivity contribution in [3.8, 4) is 0 Å². The average Bonchev–Trinajstić information content (AvgIpc) is 2.55. The molecular weight excluding hydrogens is 293 g/mol. The van der Waals surface area contributed by atoms with Crippen molar-refractivity contribution >= 4 is 7.37 Å². The fraction of sp³-hybridized carbons (Fsp3) is 0.333. The van der Waals surface area contributed by atoms with Crippen molar-refractivity contribution in [2.75, 3.05) is 18.9 Å². The van der Waals surface area contributed by atoms with Crippen LogP contribution >= 0.6 is 7.37 Å². The zero-order chi connectivity index (χ0) is 15.8. The van der Waals surface area contributed by atoms with Gasteiger partial charge in [0.25, 0.3) is 0 Å². The van der Waals surface area contributed by atoms with Crippen molar-refractivity contribution in [1.82, 2.24) is 4.90 Å². The Morgan fingerprint density at radius 1 is 0.909 bits per heavy atom. The van der Waals surface area contributed by atoms with Crippen molar-refractivity contribution in [2.24, 2.45) is 0 Å². The Kier molecular flexibility index (Phi) is 6.38. The number of hydrogen-bond acceptors (Lipinski definition) is 2. The molecular formula is C18H24NO2P. The lowest BCUT2D eigenvalue weighted by Crippen LogP contribution is -2.26. The van der Waals surface area contributed by atoms with Gasteiger partial charge in [-0.05, 0) is 11.1 Å². The molecule has 0 radical (unpaired) electrons. The van der Waals surface area contributed by atoms with E-state index in [9.17, 15) is 9.46 Å². The van der Waals surface area contributed by atoms with E-state index < -0.39 is 7.37 Å². The first kappa shape index (κ1) is 17.0. The Labute approximate surface area is 133 Å². The van der Waals surface area contributed by atoms with E-state index in [4.69, 9.17) is 0 Å². The SMILES string of the molecule is CCP(=O)(O)CCN(Cc1ccccc1)Cc1ccccc1. The normalized spacial score (nSPS) is 14.0. The van der Waals surface area contributed by atoms with Gasteiger partial charge in [0.05, 0.1) is 0 Å². The van der Waals surface area contributed by atoms with Gasteiger partial charge in [-0.1, -0.05) is 67.6 Å². The average molecular weight is 317 g/mol. The zero-order valence-corrected chi connectivity index (χ0v) is 14.0. The third-order valence-electron chi connectivity index (χ3n) is 3.76. The fourth-order valence-electron chi connectivity index (χ4n) is 2.35. The molecule has 2 rings (SSSR count). The Morgan fingerprint density at radius 3 is 1.77 bits per heavy atom. The number of rotatable bonds is 8. The highest BCUT2D eigenvalue weighted by Crippen LogP contribution is 2.39. The molecule has 4 heteroatoms. The van der Waals surface area contributed by atoms with Gasteiger partial charge in [0.15, 0.2) is 0 Å². The Bertz CT molecular complexity index is 559. The minimum absolute atomic E-state index is 0.345. The van der Waals surface area contributed by atoms with Crippen molar-refractivity contribution in [3.63, 3.8) is 0 Å². The van der Waals surface area contributed by atoms with E-state index in [1.807, 2.05) is 36.4 Å². The standard InChI is InChI=1S/C18H24NO2P/c1-2-22(20,21)14-13-19(15-17-9-5-3-6-10-17)16-18-11-7-4-8-12-18/h3-12H,2,13-16H2,1H3,(H,20,21). The van der Waals surface area contributed by atoms with Crippen molar-refractivity contribution in [3.05, 3.63) is 71.8 Å². The summed E-state index contributed by atoms with van der Waals surface area (Å²) < 4.78 is 11.9. The van der Waals surface area contributed by atoms with Crippen LogP contribution in [0.5, 0.6) is 0 Å². The van der Waals surface area contributed by atoms with Crippen LogP contribution in [0.25, 0.3) is 0 Å². The highest BCUT2D eigenvalue weighted by atomic mass is 31.2. The van der Waals surface area contributed by atoms with Crippen LogP contribution < -0.4 is 0 Å². The summed E-state index contributed by atoms with van der Waals surface area (Å²) in [4.78, 5) is 12.1. The van der Waals surface area contributed by atoms with Crippen LogP contribution in [-0.2, 0) is 17.7 Å². The fourth-order valence-corrected chi connectivity index (χ4v) is 3.26. The first-order valence-corrected chi connectivity index (χ1v) is 9.73. The summed E-state index contributed by atoms with van der Waals surface area (Å²) in [6.45, 7) is 3.99. The number of hydrogen-bond donors (Lipinski definition) is 1. The summed E-state index contributed by atoms with van der Waals surface area (Å²) >= 11 is 0. The van der Waals surface area contributed by atoms with Crippen molar-refractivity contribution in [1.29, 1.82) is 0 Å². The van der Waals surface area contributed by atoms with Gasteiger partial charge in [0.2, 0.25) is 7.37 Å². The number of benzene rings is 2. The molecule has 3 nitrogen and oxygen atoms in total. The van der Waals surface area contributed by atoms with E-state index in [0.29, 0.717) is 18.9 Å². The summed E-state index contributed by atoms with van der Waals surface area (Å²) in [5.41, 5.74) is 2.45. The summed E-state index contributed by atoms with van der Waals surface area (Å²) in [7, 11) is -2.98. The highest BCUT2D eigenvalue weighted by Gasteiger charge is 2.17. The summed E-state index contributed by atoms with van der Waals surface area (Å²) in [5, 5.41) is 0. The molecule has 0 saturated heterocycles. The van der Waals surface area contributed by atoms with Crippen molar-refractivity contribution < 1.29 is 9.46 Å². The summed E-state index contributed by atoms with van der Waals surface area (Å²) in [6, 6.07) is 20.5. The van der Waals surface area contributed by atoms with Gasteiger partial charge in [-0.3, -0.25) is 9.46 Å². The molecule has 0 aromatic heterocycles. The maximum absolute atomic E-state index is 11.9. The minimum Gasteiger partial charge on any atom is -0.344 e. The monoisotopic (exact) mass is 317 g/mol. The maximum Gasteiger partial charge on any atom is 0.201 e. The largest absolute Gasteiger partial charge is 0.344 e. The van der Waals surface area contributed by atoms with Gasteiger partial charge in [0, 0.05) is 32.0 Å². The summed E-state index contributed by atoms with van der Waals surface area (Å²) in [5.74, 6) is 0. The molecule has 0 aliphatic carbocycles. The molecule has 0 heterocycles. The van der Waals surface area contributed by atoms with Crippen LogP contribution in [0.3, 0.4) is 0 Å². The van der Waals surface area contributed by atoms with Crippen LogP contribution in [0, 0.1) is 0 Å². The van der Waals surface area contributed by atoms with Gasteiger partial charge >= 0.3 is 0 Å². The first-order chi connectivity index (χ1) is 10.6. The van der Waals surface area contributed by atoms with Gasteiger partial charge in [-0.15, -0.1) is 0 Å². The second-order valence-corrected chi connectivity index (χ2v) is 8.34. The molecule has 22 heavy (non-hydrogen) atoms. The van der Waals surface area contributed by atoms with Crippen LogP contribution in [0.4, 0.5) is 0 Å². The molecule has 1 unspecified atom stereocenters. The molecule has 118 valence electrons. The molecule has 0 aliphatic heterocycles. The van der Waals surface area contributed by atoms with Gasteiger partial charge in [-0.2, -0.15) is 0 Å². The van der Waals surface area contributed by atoms with Gasteiger partial charge < -0.3 is 4.89 Å². The predicted octanol–water partition coefficient (Wildman–Crippen LogP) is 3.98. The molecule has 0 fully saturated rings. The Morgan fingerprint density at radius 2 is 1.36 bits per heavy atom. The zero-order valence-electron chi connectivity index (χ0n) is 13.1. The lowest BCUT2D eigenvalue weighted by atomic mass is 10.1. The maximum atomic E-state index is 11.9. The van der Waals surface area contributed by atoms with Crippen LogP contribution in [-0.4, -0.2) is 28.7 Å². The molecule has 0 bridgehead atoms. The number of nitrogens with zero attached hydrogens (tertiary/aromatic N) is 1. The van der Waals surface area contributed by atoms with E-state index in [2.05, 4.69) is 29.2 Å². The molecule has 1 N–H and O–H groups in total. The second kappa shape index (κ2) is 8.28. The quantitative estimate of drug-likeness (QED) is 0.749. The molecule has 2 aromatic rings. The Hall–Kier alpha value is -1.41. The highest BCUT2D eigenvalue weighted by molar-refractivity contribution is 7.57. The summed E-state index contributed by atoms with van der Waals surface area (Å²) in [6.07, 6.45) is 0.695. The van der Waals surface area contributed by atoms with Crippen LogP contribution in [0.1, 0.15) is 18.1 Å². The van der Waals surface area contributed by atoms with Gasteiger partial charge in [0.1, 0.15) is 0 Å². The lowest BCUT2D eigenvalue weighted by molar-refractivity contribution is 0.270. The second-order valence-electron chi connectivity index (χ2n) is 5.57. The first-order valence-electron chi connectivity index (χ1n) is 7.70. The Balaban J connectivity index is 2.04. The van der Waals surface area contributed by atoms with Crippen LogP contribution in [0.15, 0.2) is 60.7 Å². The topological polar surface area (TPSA) is 40.5 Å². The molecule has 0 spiro atoms. The van der Waals surface area contributed by atoms with E-state index in [0.717, 1.165) is 13.1 Å². The molecule has 2 aromatic carbocycles. The van der Waals surface area contributed by atoms with Crippen molar-refractivity contribution in [2.45, 2.75) is 20.0 Å². The lowest BCUT2D eigenvalue weighted by Gasteiger charge is -2.23. The van der Waals surface area contributed by atoms with E-state index >= 15 is 0 Å². The molecule has 0 aliphatic rings. The molecule has 0 saturated carbocycles. The molecule has 0 amide bonds. The smallest absolute Gasteiger partial charge is 0.201 e. The molecule has 1 atom stereocenters.